The van der Waals surface area contributed by atoms with Gasteiger partial charge in [0.2, 0.25) is 0 Å². The molecule has 39 heavy (non-hydrogen) atoms. The Morgan fingerprint density at radius 2 is 1.62 bits per heavy atom. The second-order valence-electron chi connectivity index (χ2n) is 9.20. The Labute approximate surface area is 237 Å². The number of piperazine rings is 1. The zero-order valence-electron chi connectivity index (χ0n) is 21.3. The number of carbonyl (C=O) groups excluding carboxylic acids is 2. The Hall–Kier alpha value is -4.14. The summed E-state index contributed by atoms with van der Waals surface area (Å²) in [5.74, 6) is 0.258. The lowest BCUT2D eigenvalue weighted by Crippen LogP contribution is -2.49. The third-order valence-electron chi connectivity index (χ3n) is 6.59. The molecule has 1 aliphatic rings. The van der Waals surface area contributed by atoms with E-state index in [0.29, 0.717) is 42.5 Å². The average molecular weight is 559 g/mol. The van der Waals surface area contributed by atoms with Gasteiger partial charge in [0.1, 0.15) is 5.76 Å². The van der Waals surface area contributed by atoms with Crippen molar-refractivity contribution < 1.29 is 14.0 Å². The van der Waals surface area contributed by atoms with E-state index < -0.39 is 5.91 Å². The minimum Gasteiger partial charge on any atom is -0.451 e. The van der Waals surface area contributed by atoms with Gasteiger partial charge in [-0.2, -0.15) is 0 Å². The van der Waals surface area contributed by atoms with Crippen molar-refractivity contribution >= 4 is 52.1 Å². The highest BCUT2D eigenvalue weighted by Crippen LogP contribution is 2.28. The maximum atomic E-state index is 12.8. The molecule has 2 heterocycles. The van der Waals surface area contributed by atoms with Crippen molar-refractivity contribution in [2.45, 2.75) is 6.92 Å². The smallest absolute Gasteiger partial charge is 0.293 e. The molecule has 1 aliphatic heterocycles. The van der Waals surface area contributed by atoms with Gasteiger partial charge in [-0.3, -0.25) is 14.9 Å². The SMILES string of the molecule is Cc1ccc(-c2ccc(C(=O)NC(=S)Nc3ccccc3N3CCN(C(=O)c4ccccc4)CC3)o2)cc1Cl. The van der Waals surface area contributed by atoms with Crippen molar-refractivity contribution in [2.75, 3.05) is 36.4 Å². The molecule has 0 saturated carbocycles. The van der Waals surface area contributed by atoms with Gasteiger partial charge in [0.05, 0.1) is 11.4 Å². The van der Waals surface area contributed by atoms with Crippen LogP contribution in [0.3, 0.4) is 0 Å². The number of amides is 2. The number of aryl methyl sites for hydroxylation is 1. The molecule has 2 amide bonds. The number of anilines is 2. The number of rotatable bonds is 5. The molecule has 3 aromatic carbocycles. The summed E-state index contributed by atoms with van der Waals surface area (Å²) in [6, 6.07) is 26.0. The first-order chi connectivity index (χ1) is 18.9. The Morgan fingerprint density at radius 3 is 2.36 bits per heavy atom. The molecule has 9 heteroatoms. The third kappa shape index (κ3) is 6.13. The van der Waals surface area contributed by atoms with Crippen LogP contribution >= 0.6 is 23.8 Å². The molecule has 0 radical (unpaired) electrons. The summed E-state index contributed by atoms with van der Waals surface area (Å²) >= 11 is 11.7. The normalized spacial score (nSPS) is 13.2. The number of thiocarbonyl (C=S) groups is 1. The van der Waals surface area contributed by atoms with Gasteiger partial charge in [-0.05, 0) is 67.2 Å². The number of halogens is 1. The van der Waals surface area contributed by atoms with Crippen LogP contribution in [0.2, 0.25) is 5.02 Å². The van der Waals surface area contributed by atoms with Crippen molar-refractivity contribution in [3.8, 4) is 11.3 Å². The molecule has 1 saturated heterocycles. The van der Waals surface area contributed by atoms with E-state index in [1.165, 1.54) is 0 Å². The fraction of sp³-hybridized carbons (Fsp3) is 0.167. The van der Waals surface area contributed by atoms with Gasteiger partial charge in [0, 0.05) is 42.3 Å². The summed E-state index contributed by atoms with van der Waals surface area (Å²) in [6.07, 6.45) is 0. The van der Waals surface area contributed by atoms with E-state index in [0.717, 1.165) is 22.5 Å². The predicted molar refractivity (Wildman–Crippen MR) is 159 cm³/mol. The molecule has 5 rings (SSSR count). The Balaban J connectivity index is 1.20. The zero-order chi connectivity index (χ0) is 27.4. The van der Waals surface area contributed by atoms with E-state index in [-0.39, 0.29) is 16.8 Å². The number of carbonyl (C=O) groups is 2. The molecule has 198 valence electrons. The molecule has 0 atom stereocenters. The predicted octanol–water partition coefficient (Wildman–Crippen LogP) is 6.00. The minimum absolute atomic E-state index is 0.0390. The van der Waals surface area contributed by atoms with Crippen molar-refractivity contribution in [1.82, 2.24) is 10.2 Å². The van der Waals surface area contributed by atoms with Crippen LogP contribution < -0.4 is 15.5 Å². The number of para-hydroxylation sites is 2. The average Bonchev–Trinajstić information content (AvgIpc) is 3.46. The second kappa shape index (κ2) is 11.7. The third-order valence-corrected chi connectivity index (χ3v) is 7.21. The molecule has 0 unspecified atom stereocenters. The topological polar surface area (TPSA) is 77.8 Å². The molecule has 1 aromatic heterocycles. The van der Waals surface area contributed by atoms with Gasteiger partial charge in [-0.25, -0.2) is 0 Å². The summed E-state index contributed by atoms with van der Waals surface area (Å²) in [5, 5.41) is 6.61. The molecule has 4 aromatic rings. The van der Waals surface area contributed by atoms with E-state index in [4.69, 9.17) is 28.2 Å². The maximum absolute atomic E-state index is 12.8. The van der Waals surface area contributed by atoms with Crippen LogP contribution in [0.5, 0.6) is 0 Å². The van der Waals surface area contributed by atoms with Crippen LogP contribution in [0, 0.1) is 6.92 Å². The standard InChI is InChI=1S/C30H27ClN4O3S/c1-20-11-12-22(19-23(20)31)26-13-14-27(38-26)28(36)33-30(39)32-24-9-5-6-10-25(24)34-15-17-35(18-16-34)29(37)21-7-3-2-4-8-21/h2-14,19H,15-18H2,1H3,(H2,32,33,36,39). The number of furan rings is 1. The fourth-order valence-electron chi connectivity index (χ4n) is 4.45. The molecule has 0 spiro atoms. The Bertz CT molecular complexity index is 1510. The highest BCUT2D eigenvalue weighted by molar-refractivity contribution is 7.80. The Morgan fingerprint density at radius 1 is 0.897 bits per heavy atom. The summed E-state index contributed by atoms with van der Waals surface area (Å²) in [6.45, 7) is 4.49. The largest absolute Gasteiger partial charge is 0.451 e. The van der Waals surface area contributed by atoms with Gasteiger partial charge in [0.15, 0.2) is 10.9 Å². The summed E-state index contributed by atoms with van der Waals surface area (Å²) in [7, 11) is 0. The van der Waals surface area contributed by atoms with Crippen LogP contribution in [-0.4, -0.2) is 48.0 Å². The zero-order valence-corrected chi connectivity index (χ0v) is 22.9. The summed E-state index contributed by atoms with van der Waals surface area (Å²) in [5.41, 5.74) is 4.15. The van der Waals surface area contributed by atoms with Gasteiger partial charge in [-0.1, -0.05) is 54.1 Å². The van der Waals surface area contributed by atoms with Crippen molar-refractivity contribution in [1.29, 1.82) is 0 Å². The van der Waals surface area contributed by atoms with Crippen LogP contribution in [0.25, 0.3) is 11.3 Å². The molecule has 0 bridgehead atoms. The minimum atomic E-state index is -0.456. The number of hydrogen-bond donors (Lipinski definition) is 2. The van der Waals surface area contributed by atoms with Crippen LogP contribution in [0.1, 0.15) is 26.5 Å². The molecule has 7 nitrogen and oxygen atoms in total. The van der Waals surface area contributed by atoms with Crippen LogP contribution in [-0.2, 0) is 0 Å². The van der Waals surface area contributed by atoms with Crippen molar-refractivity contribution in [3.05, 3.63) is 107 Å². The van der Waals surface area contributed by atoms with Crippen molar-refractivity contribution in [2.24, 2.45) is 0 Å². The van der Waals surface area contributed by atoms with Gasteiger partial charge < -0.3 is 19.5 Å². The van der Waals surface area contributed by atoms with Gasteiger partial charge in [0.25, 0.3) is 11.8 Å². The van der Waals surface area contributed by atoms with E-state index in [1.54, 1.807) is 18.2 Å². The molecular formula is C30H27ClN4O3S. The first kappa shape index (κ1) is 26.5. The highest BCUT2D eigenvalue weighted by atomic mass is 35.5. The quantitative estimate of drug-likeness (QED) is 0.293. The molecule has 0 aliphatic carbocycles. The van der Waals surface area contributed by atoms with E-state index in [2.05, 4.69) is 15.5 Å². The lowest BCUT2D eigenvalue weighted by molar-refractivity contribution is 0.0746. The summed E-state index contributed by atoms with van der Waals surface area (Å²) < 4.78 is 5.76. The first-order valence-electron chi connectivity index (χ1n) is 12.6. The summed E-state index contributed by atoms with van der Waals surface area (Å²) in [4.78, 5) is 29.7. The Kier molecular flexibility index (Phi) is 7.95. The van der Waals surface area contributed by atoms with E-state index in [1.807, 2.05) is 78.6 Å². The number of nitrogens with one attached hydrogen (secondary N) is 2. The van der Waals surface area contributed by atoms with Gasteiger partial charge in [-0.15, -0.1) is 0 Å². The first-order valence-corrected chi connectivity index (χ1v) is 13.3. The molecular weight excluding hydrogens is 532 g/mol. The molecule has 2 N–H and O–H groups in total. The number of hydrogen-bond acceptors (Lipinski definition) is 5. The second-order valence-corrected chi connectivity index (χ2v) is 10.0. The van der Waals surface area contributed by atoms with Crippen molar-refractivity contribution in [3.63, 3.8) is 0 Å². The highest BCUT2D eigenvalue weighted by Gasteiger charge is 2.24. The van der Waals surface area contributed by atoms with Crippen LogP contribution in [0.4, 0.5) is 11.4 Å². The molecule has 1 fully saturated rings. The lowest BCUT2D eigenvalue weighted by Gasteiger charge is -2.37. The van der Waals surface area contributed by atoms with Crippen LogP contribution in [0.15, 0.2) is 89.3 Å². The van der Waals surface area contributed by atoms with E-state index >= 15 is 0 Å². The monoisotopic (exact) mass is 558 g/mol. The number of benzene rings is 3. The maximum Gasteiger partial charge on any atom is 0.293 e. The fourth-order valence-corrected chi connectivity index (χ4v) is 4.83. The lowest BCUT2D eigenvalue weighted by atomic mass is 10.1. The van der Waals surface area contributed by atoms with Gasteiger partial charge >= 0.3 is 0 Å². The number of nitrogens with zero attached hydrogens (tertiary/aromatic N) is 2. The van der Waals surface area contributed by atoms with E-state index in [9.17, 15) is 9.59 Å².